The highest BCUT2D eigenvalue weighted by Crippen LogP contribution is 2.38. The number of likely N-dealkylation sites (N-methyl/N-ethyl adjacent to an activating group) is 1. The number of ether oxygens (including phenoxy) is 2. The number of pyridine rings is 1. The van der Waals surface area contributed by atoms with Crippen LogP contribution in [0.2, 0.25) is 0 Å². The Balaban J connectivity index is 1.60. The number of hydrogen-bond donors (Lipinski definition) is 0. The standard InChI is InChI=1S/C22H30N4O4S/c1-3-25(4-2)18(27)15-24-8-13-30-17(14-24)19-16-6-5-7-23-21(16)31-20(19)22(28)26-9-11-29-12-10-26/h5-7,17H,3-4,8-15H2,1-2H3/t17-/m1/s1. The van der Waals surface area contributed by atoms with Crippen LogP contribution in [0.4, 0.5) is 0 Å². The van der Waals surface area contributed by atoms with Gasteiger partial charge in [0.25, 0.3) is 5.91 Å². The molecular formula is C22H30N4O4S. The number of fused-ring (bicyclic) bond motifs is 1. The number of nitrogens with zero attached hydrogens (tertiary/aromatic N) is 4. The summed E-state index contributed by atoms with van der Waals surface area (Å²) >= 11 is 1.43. The lowest BCUT2D eigenvalue weighted by molar-refractivity contribution is -0.134. The van der Waals surface area contributed by atoms with Crippen molar-refractivity contribution in [1.29, 1.82) is 0 Å². The molecule has 2 aromatic heterocycles. The predicted molar refractivity (Wildman–Crippen MR) is 119 cm³/mol. The Kier molecular flexibility index (Phi) is 7.16. The molecule has 8 nitrogen and oxygen atoms in total. The lowest BCUT2D eigenvalue weighted by Gasteiger charge is -2.34. The monoisotopic (exact) mass is 446 g/mol. The summed E-state index contributed by atoms with van der Waals surface area (Å²) in [6.45, 7) is 9.91. The van der Waals surface area contributed by atoms with Crippen molar-refractivity contribution < 1.29 is 19.1 Å². The van der Waals surface area contributed by atoms with Gasteiger partial charge < -0.3 is 19.3 Å². The van der Waals surface area contributed by atoms with Gasteiger partial charge in [-0.05, 0) is 19.9 Å². The van der Waals surface area contributed by atoms with E-state index in [9.17, 15) is 9.59 Å². The molecule has 0 unspecified atom stereocenters. The number of aromatic nitrogens is 1. The van der Waals surface area contributed by atoms with E-state index in [0.29, 0.717) is 70.5 Å². The Hall–Kier alpha value is -2.07. The molecule has 2 aromatic rings. The number of amides is 2. The lowest BCUT2D eigenvalue weighted by atomic mass is 10.0. The van der Waals surface area contributed by atoms with Crippen molar-refractivity contribution in [2.75, 3.05) is 65.6 Å². The van der Waals surface area contributed by atoms with Gasteiger partial charge in [0, 0.05) is 56.4 Å². The molecule has 0 N–H and O–H groups in total. The van der Waals surface area contributed by atoms with Crippen LogP contribution in [-0.4, -0.2) is 97.1 Å². The van der Waals surface area contributed by atoms with Crippen molar-refractivity contribution in [2.45, 2.75) is 20.0 Å². The first-order valence-corrected chi connectivity index (χ1v) is 11.8. The van der Waals surface area contributed by atoms with Crippen LogP contribution >= 0.6 is 11.3 Å². The normalized spacial score (nSPS) is 20.2. The van der Waals surface area contributed by atoms with E-state index in [1.54, 1.807) is 6.20 Å². The van der Waals surface area contributed by atoms with Gasteiger partial charge in [0.05, 0.1) is 32.5 Å². The van der Waals surface area contributed by atoms with Crippen molar-refractivity contribution >= 4 is 33.4 Å². The maximum atomic E-state index is 13.4. The summed E-state index contributed by atoms with van der Waals surface area (Å²) in [4.78, 5) is 37.9. The van der Waals surface area contributed by atoms with Gasteiger partial charge in [-0.1, -0.05) is 6.07 Å². The van der Waals surface area contributed by atoms with Gasteiger partial charge in [-0.25, -0.2) is 4.98 Å². The quantitative estimate of drug-likeness (QED) is 0.676. The molecule has 9 heteroatoms. The van der Waals surface area contributed by atoms with Crippen molar-refractivity contribution in [2.24, 2.45) is 0 Å². The van der Waals surface area contributed by atoms with Gasteiger partial charge in [-0.2, -0.15) is 0 Å². The number of carbonyl (C=O) groups is 2. The molecule has 0 aliphatic carbocycles. The van der Waals surface area contributed by atoms with Gasteiger partial charge in [0.1, 0.15) is 9.71 Å². The highest BCUT2D eigenvalue weighted by atomic mass is 32.1. The van der Waals surface area contributed by atoms with Crippen LogP contribution in [0.1, 0.15) is 35.2 Å². The molecule has 168 valence electrons. The fourth-order valence-electron chi connectivity index (χ4n) is 4.23. The summed E-state index contributed by atoms with van der Waals surface area (Å²) in [6, 6.07) is 3.90. The maximum Gasteiger partial charge on any atom is 0.264 e. The minimum Gasteiger partial charge on any atom is -0.378 e. The Morgan fingerprint density at radius 2 is 1.97 bits per heavy atom. The summed E-state index contributed by atoms with van der Waals surface area (Å²) in [6.07, 6.45) is 1.48. The second-order valence-corrected chi connectivity index (χ2v) is 8.77. The Bertz CT molecular complexity index is 923. The zero-order valence-corrected chi connectivity index (χ0v) is 19.0. The molecule has 0 bridgehead atoms. The summed E-state index contributed by atoms with van der Waals surface area (Å²) in [5.74, 6) is 0.147. The third-order valence-corrected chi connectivity index (χ3v) is 7.06. The first-order valence-electron chi connectivity index (χ1n) is 11.0. The second kappa shape index (κ2) is 10.0. The number of morpholine rings is 2. The molecule has 2 saturated heterocycles. The SMILES string of the molecule is CCN(CC)C(=O)CN1CCO[C@@H](c2c(C(=O)N3CCOCC3)sc3ncccc23)C1. The van der Waals surface area contributed by atoms with E-state index in [4.69, 9.17) is 9.47 Å². The number of carbonyl (C=O) groups excluding carboxylic acids is 2. The fraction of sp³-hybridized carbons (Fsp3) is 0.591. The lowest BCUT2D eigenvalue weighted by Crippen LogP contribution is -2.46. The Labute approximate surface area is 186 Å². The minimum atomic E-state index is -0.267. The average molecular weight is 447 g/mol. The summed E-state index contributed by atoms with van der Waals surface area (Å²) in [7, 11) is 0. The molecule has 2 fully saturated rings. The van der Waals surface area contributed by atoms with Gasteiger partial charge in [0.15, 0.2) is 0 Å². The summed E-state index contributed by atoms with van der Waals surface area (Å²) in [5, 5.41) is 0.964. The molecule has 4 rings (SSSR count). The van der Waals surface area contributed by atoms with Crippen molar-refractivity contribution in [1.82, 2.24) is 19.7 Å². The minimum absolute atomic E-state index is 0.0150. The molecule has 31 heavy (non-hydrogen) atoms. The topological polar surface area (TPSA) is 75.2 Å². The van der Waals surface area contributed by atoms with E-state index in [0.717, 1.165) is 15.8 Å². The Morgan fingerprint density at radius 1 is 1.19 bits per heavy atom. The molecule has 1 atom stereocenters. The van der Waals surface area contributed by atoms with Crippen molar-refractivity contribution in [3.05, 3.63) is 28.8 Å². The van der Waals surface area contributed by atoms with Gasteiger partial charge in [-0.15, -0.1) is 11.3 Å². The summed E-state index contributed by atoms with van der Waals surface area (Å²) < 4.78 is 11.6. The van der Waals surface area contributed by atoms with Crippen LogP contribution in [0.3, 0.4) is 0 Å². The predicted octanol–water partition coefficient (Wildman–Crippen LogP) is 2.01. The molecule has 0 radical (unpaired) electrons. The first kappa shape index (κ1) is 22.1. The van der Waals surface area contributed by atoms with Crippen molar-refractivity contribution in [3.63, 3.8) is 0 Å². The highest BCUT2D eigenvalue weighted by molar-refractivity contribution is 7.20. The van der Waals surface area contributed by atoms with E-state index >= 15 is 0 Å². The van der Waals surface area contributed by atoms with Crippen LogP contribution in [0, 0.1) is 0 Å². The smallest absolute Gasteiger partial charge is 0.264 e. The molecule has 2 aliphatic rings. The third kappa shape index (κ3) is 4.74. The van der Waals surface area contributed by atoms with Gasteiger partial charge in [0.2, 0.25) is 5.91 Å². The zero-order valence-electron chi connectivity index (χ0n) is 18.2. The van der Waals surface area contributed by atoms with Gasteiger partial charge >= 0.3 is 0 Å². The number of hydrogen-bond acceptors (Lipinski definition) is 7. The van der Waals surface area contributed by atoms with E-state index in [1.807, 2.05) is 35.8 Å². The number of thiophene rings is 1. The van der Waals surface area contributed by atoms with Crippen LogP contribution < -0.4 is 0 Å². The van der Waals surface area contributed by atoms with Crippen LogP contribution in [0.15, 0.2) is 18.3 Å². The van der Waals surface area contributed by atoms with Crippen LogP contribution in [0.5, 0.6) is 0 Å². The van der Waals surface area contributed by atoms with Crippen molar-refractivity contribution in [3.8, 4) is 0 Å². The average Bonchev–Trinajstić information content (AvgIpc) is 3.20. The highest BCUT2D eigenvalue weighted by Gasteiger charge is 2.33. The molecule has 2 aliphatic heterocycles. The van der Waals surface area contributed by atoms with Gasteiger partial charge in [-0.3, -0.25) is 14.5 Å². The first-order chi connectivity index (χ1) is 15.1. The molecule has 4 heterocycles. The van der Waals surface area contributed by atoms with Crippen LogP contribution in [-0.2, 0) is 14.3 Å². The van der Waals surface area contributed by atoms with E-state index in [1.165, 1.54) is 11.3 Å². The van der Waals surface area contributed by atoms with E-state index in [2.05, 4.69) is 9.88 Å². The summed E-state index contributed by atoms with van der Waals surface area (Å²) in [5.41, 5.74) is 0.907. The van der Waals surface area contributed by atoms with E-state index < -0.39 is 0 Å². The Morgan fingerprint density at radius 3 is 2.71 bits per heavy atom. The van der Waals surface area contributed by atoms with Crippen LogP contribution in [0.25, 0.3) is 10.2 Å². The third-order valence-electron chi connectivity index (χ3n) is 5.94. The fourth-order valence-corrected chi connectivity index (χ4v) is 5.39. The number of rotatable bonds is 6. The molecular weight excluding hydrogens is 416 g/mol. The molecule has 2 amide bonds. The second-order valence-electron chi connectivity index (χ2n) is 7.77. The molecule has 0 aromatic carbocycles. The largest absolute Gasteiger partial charge is 0.378 e. The molecule has 0 spiro atoms. The van der Waals surface area contributed by atoms with E-state index in [-0.39, 0.29) is 17.9 Å². The molecule has 0 saturated carbocycles. The zero-order chi connectivity index (χ0) is 21.8. The maximum absolute atomic E-state index is 13.4.